The molecule has 1 saturated carbocycles. The zero-order valence-corrected chi connectivity index (χ0v) is 21.5. The summed E-state index contributed by atoms with van der Waals surface area (Å²) < 4.78 is 53.0. The molecule has 0 bridgehead atoms. The van der Waals surface area contributed by atoms with Gasteiger partial charge in [0.1, 0.15) is 5.82 Å². The third-order valence-corrected chi connectivity index (χ3v) is 7.55. The zero-order valence-electron chi connectivity index (χ0n) is 21.5. The number of aromatic nitrogens is 1. The van der Waals surface area contributed by atoms with Crippen molar-refractivity contribution >= 4 is 22.5 Å². The summed E-state index contributed by atoms with van der Waals surface area (Å²) in [5.74, 6) is -1.34. The Labute approximate surface area is 218 Å². The van der Waals surface area contributed by atoms with Gasteiger partial charge in [0.15, 0.2) is 11.5 Å². The van der Waals surface area contributed by atoms with Crippen LogP contribution in [0.4, 0.5) is 18.9 Å². The summed E-state index contributed by atoms with van der Waals surface area (Å²) in [5.41, 5.74) is 0.663. The van der Waals surface area contributed by atoms with E-state index in [-0.39, 0.29) is 29.1 Å². The largest absolute Gasteiger partial charge is 0.586 e. The van der Waals surface area contributed by atoms with E-state index in [2.05, 4.69) is 35.6 Å². The van der Waals surface area contributed by atoms with Gasteiger partial charge in [-0.3, -0.25) is 4.79 Å². The molecule has 1 aliphatic carbocycles. The standard InChI is InChI=1S/C28H31F3N2O5/c1-4-7-26(2,3)24-11-16-10-20(19(29)13-21(16)33(24)14-18(35)15-34)32-25(36)27(8-9-27)17-5-6-22-23(12-17)38-28(30,31)37-22/h5-6,10-13,18,34-35H,4,7-9,14-15H2,1-3H3,(H,32,36)/t18-/m1/s1. The van der Waals surface area contributed by atoms with Gasteiger partial charge in [-0.15, -0.1) is 8.78 Å². The van der Waals surface area contributed by atoms with E-state index in [0.29, 0.717) is 29.3 Å². The number of nitrogens with one attached hydrogen (secondary N) is 1. The fraction of sp³-hybridized carbons (Fsp3) is 0.464. The molecule has 3 N–H and O–H groups in total. The molecule has 10 heteroatoms. The smallest absolute Gasteiger partial charge is 0.395 e. The Bertz CT molecular complexity index is 1400. The summed E-state index contributed by atoms with van der Waals surface area (Å²) in [6.07, 6.45) is -2.04. The number of fused-ring (bicyclic) bond motifs is 2. The van der Waals surface area contributed by atoms with Crippen LogP contribution in [-0.4, -0.2) is 39.7 Å². The molecular formula is C28H31F3N2O5. The SMILES string of the molecule is CCCC(C)(C)c1cc2cc(NC(=O)C3(c4ccc5c(c4)OC(F)(F)O5)CC3)c(F)cc2n1C[C@@H](O)CO. The second-order valence-electron chi connectivity index (χ2n) is 10.9. The Morgan fingerprint density at radius 3 is 2.53 bits per heavy atom. The number of carbonyl (C=O) groups excluding carboxylic acids is 1. The van der Waals surface area contributed by atoms with Gasteiger partial charge >= 0.3 is 6.29 Å². The van der Waals surface area contributed by atoms with E-state index in [1.807, 2.05) is 10.6 Å². The monoisotopic (exact) mass is 532 g/mol. The summed E-state index contributed by atoms with van der Waals surface area (Å²) in [4.78, 5) is 13.3. The number of anilines is 1. The van der Waals surface area contributed by atoms with Crippen molar-refractivity contribution in [2.45, 2.75) is 76.2 Å². The summed E-state index contributed by atoms with van der Waals surface area (Å²) in [6.45, 7) is 5.89. The van der Waals surface area contributed by atoms with Gasteiger partial charge in [0, 0.05) is 22.6 Å². The Morgan fingerprint density at radius 2 is 1.87 bits per heavy atom. The average molecular weight is 533 g/mol. The Balaban J connectivity index is 1.46. The van der Waals surface area contributed by atoms with Crippen LogP contribution in [0.1, 0.15) is 57.7 Å². The number of amides is 1. The van der Waals surface area contributed by atoms with Gasteiger partial charge in [0.05, 0.1) is 35.9 Å². The highest BCUT2D eigenvalue weighted by Gasteiger charge is 2.53. The third-order valence-electron chi connectivity index (χ3n) is 7.55. The molecule has 3 aromatic rings. The number of benzene rings is 2. The highest BCUT2D eigenvalue weighted by Crippen LogP contribution is 2.52. The van der Waals surface area contributed by atoms with Crippen LogP contribution in [0.3, 0.4) is 0 Å². The molecule has 7 nitrogen and oxygen atoms in total. The Morgan fingerprint density at radius 1 is 1.16 bits per heavy atom. The molecule has 0 spiro atoms. The molecular weight excluding hydrogens is 501 g/mol. The molecule has 204 valence electrons. The Hall–Kier alpha value is -3.24. The summed E-state index contributed by atoms with van der Waals surface area (Å²) in [7, 11) is 0. The van der Waals surface area contributed by atoms with Gasteiger partial charge < -0.3 is 29.6 Å². The van der Waals surface area contributed by atoms with Gasteiger partial charge in [-0.05, 0) is 49.1 Å². The molecule has 1 fully saturated rings. The van der Waals surface area contributed by atoms with Crippen LogP contribution in [-0.2, 0) is 22.2 Å². The Kier molecular flexibility index (Phi) is 6.38. The molecule has 2 heterocycles. The van der Waals surface area contributed by atoms with Crippen molar-refractivity contribution in [2.75, 3.05) is 11.9 Å². The molecule has 0 unspecified atom stereocenters. The number of carbonyl (C=O) groups is 1. The predicted molar refractivity (Wildman–Crippen MR) is 135 cm³/mol. The minimum absolute atomic E-state index is 0.000700. The summed E-state index contributed by atoms with van der Waals surface area (Å²) in [5, 5.41) is 23.0. The van der Waals surface area contributed by atoms with Gasteiger partial charge in [0.25, 0.3) is 0 Å². The van der Waals surface area contributed by atoms with Gasteiger partial charge in [-0.1, -0.05) is 33.3 Å². The van der Waals surface area contributed by atoms with E-state index in [1.165, 1.54) is 18.2 Å². The number of halogens is 3. The van der Waals surface area contributed by atoms with Crippen LogP contribution in [0.5, 0.6) is 11.5 Å². The minimum atomic E-state index is -3.76. The molecule has 1 atom stereocenters. The van der Waals surface area contributed by atoms with Crippen molar-refractivity contribution in [1.29, 1.82) is 0 Å². The van der Waals surface area contributed by atoms with Gasteiger partial charge in [-0.2, -0.15) is 0 Å². The summed E-state index contributed by atoms with van der Waals surface area (Å²) in [6, 6.07) is 9.07. The first-order chi connectivity index (χ1) is 17.9. The van der Waals surface area contributed by atoms with Crippen LogP contribution < -0.4 is 14.8 Å². The van der Waals surface area contributed by atoms with Gasteiger partial charge in [0.2, 0.25) is 5.91 Å². The van der Waals surface area contributed by atoms with Crippen molar-refractivity contribution in [2.24, 2.45) is 0 Å². The number of hydrogen-bond donors (Lipinski definition) is 3. The van der Waals surface area contributed by atoms with Gasteiger partial charge in [-0.25, -0.2) is 4.39 Å². The third kappa shape index (κ3) is 4.60. The number of ether oxygens (including phenoxy) is 2. The van der Waals surface area contributed by atoms with E-state index in [9.17, 15) is 23.8 Å². The number of aliphatic hydroxyl groups excluding tert-OH is 2. The van der Waals surface area contributed by atoms with E-state index >= 15 is 4.39 Å². The van der Waals surface area contributed by atoms with Crippen molar-refractivity contribution in [3.63, 3.8) is 0 Å². The quantitative estimate of drug-likeness (QED) is 0.352. The molecule has 1 aromatic heterocycles. The number of aliphatic hydroxyl groups is 2. The van der Waals surface area contributed by atoms with E-state index in [1.54, 1.807) is 12.1 Å². The highest BCUT2D eigenvalue weighted by molar-refractivity contribution is 6.02. The second-order valence-corrected chi connectivity index (χ2v) is 10.9. The molecule has 0 saturated heterocycles. The predicted octanol–water partition coefficient (Wildman–Crippen LogP) is 5.20. The molecule has 2 aromatic carbocycles. The fourth-order valence-corrected chi connectivity index (χ4v) is 5.42. The molecule has 1 aliphatic heterocycles. The van der Waals surface area contributed by atoms with Crippen molar-refractivity contribution < 1.29 is 37.7 Å². The van der Waals surface area contributed by atoms with Crippen molar-refractivity contribution in [3.8, 4) is 11.5 Å². The number of alkyl halides is 2. The topological polar surface area (TPSA) is 93.0 Å². The van der Waals surface area contributed by atoms with Crippen LogP contribution in [0, 0.1) is 5.82 Å². The lowest BCUT2D eigenvalue weighted by Crippen LogP contribution is -2.28. The van der Waals surface area contributed by atoms with E-state index in [0.717, 1.165) is 18.5 Å². The number of nitrogens with zero attached hydrogens (tertiary/aromatic N) is 1. The molecule has 5 rings (SSSR count). The lowest BCUT2D eigenvalue weighted by atomic mass is 9.84. The molecule has 0 radical (unpaired) electrons. The first-order valence-corrected chi connectivity index (χ1v) is 12.7. The maximum Gasteiger partial charge on any atom is 0.586 e. The molecule has 2 aliphatic rings. The van der Waals surface area contributed by atoms with Crippen LogP contribution in [0.25, 0.3) is 10.9 Å². The maximum atomic E-state index is 15.3. The van der Waals surface area contributed by atoms with E-state index < -0.39 is 36.1 Å². The lowest BCUT2D eigenvalue weighted by molar-refractivity contribution is -0.286. The number of hydrogen-bond acceptors (Lipinski definition) is 5. The highest BCUT2D eigenvalue weighted by atomic mass is 19.3. The second kappa shape index (κ2) is 9.20. The molecule has 1 amide bonds. The van der Waals surface area contributed by atoms with Crippen LogP contribution >= 0.6 is 0 Å². The number of rotatable bonds is 9. The van der Waals surface area contributed by atoms with E-state index in [4.69, 9.17) is 0 Å². The first-order valence-electron chi connectivity index (χ1n) is 12.7. The first kappa shape index (κ1) is 26.4. The van der Waals surface area contributed by atoms with Crippen LogP contribution in [0.15, 0.2) is 36.4 Å². The van der Waals surface area contributed by atoms with Crippen molar-refractivity contribution in [3.05, 3.63) is 53.5 Å². The van der Waals surface area contributed by atoms with Crippen molar-refractivity contribution in [1.82, 2.24) is 4.57 Å². The average Bonchev–Trinajstić information content (AvgIpc) is 3.50. The molecule has 38 heavy (non-hydrogen) atoms. The normalized spacial score (nSPS) is 18.0. The fourth-order valence-electron chi connectivity index (χ4n) is 5.42. The summed E-state index contributed by atoms with van der Waals surface area (Å²) >= 11 is 0. The minimum Gasteiger partial charge on any atom is -0.395 e. The zero-order chi connectivity index (χ0) is 27.5. The maximum absolute atomic E-state index is 15.3. The lowest BCUT2D eigenvalue weighted by Gasteiger charge is -2.27. The van der Waals surface area contributed by atoms with Crippen LogP contribution in [0.2, 0.25) is 0 Å².